The van der Waals surface area contributed by atoms with Crippen molar-refractivity contribution in [3.8, 4) is 0 Å². The van der Waals surface area contributed by atoms with Crippen molar-refractivity contribution in [2.45, 2.75) is 150 Å². The van der Waals surface area contributed by atoms with E-state index in [1.165, 1.54) is 39.3 Å². The molecule has 4 aromatic heterocycles. The van der Waals surface area contributed by atoms with Crippen LogP contribution < -0.4 is 0 Å². The van der Waals surface area contributed by atoms with E-state index in [9.17, 15) is 0 Å². The number of nitrogens with zero attached hydrogens (tertiary/aromatic N) is 6. The smallest absolute Gasteiger partial charge is 0.128 e. The maximum absolute atomic E-state index is 4.46. The Morgan fingerprint density at radius 2 is 0.913 bits per heavy atom. The molecule has 0 aromatic carbocycles. The molecule has 4 aromatic rings. The molecule has 0 aliphatic carbocycles. The maximum atomic E-state index is 4.46. The van der Waals surface area contributed by atoms with Crippen molar-refractivity contribution in [3.63, 3.8) is 0 Å². The van der Waals surface area contributed by atoms with Crippen molar-refractivity contribution in [1.29, 1.82) is 0 Å². The van der Waals surface area contributed by atoms with Gasteiger partial charge in [0.25, 0.3) is 0 Å². The second-order valence-electron chi connectivity index (χ2n) is 10.3. The summed E-state index contributed by atoms with van der Waals surface area (Å²) in [5.74, 6) is 1.89. The molecule has 0 aliphatic heterocycles. The van der Waals surface area contributed by atoms with E-state index in [1.807, 2.05) is 18.6 Å². The molecule has 258 valence electrons. The third kappa shape index (κ3) is 16.7. The van der Waals surface area contributed by atoms with Gasteiger partial charge in [0, 0.05) is 59.9 Å². The number of aryl methyl sites for hydroxylation is 10. The first kappa shape index (κ1) is 46.9. The van der Waals surface area contributed by atoms with Gasteiger partial charge in [-0.2, -0.15) is 0 Å². The summed E-state index contributed by atoms with van der Waals surface area (Å²) in [7, 11) is 0. The first-order valence-corrected chi connectivity index (χ1v) is 16.2. The summed E-state index contributed by atoms with van der Waals surface area (Å²) in [6.07, 6.45) is 13.9. The zero-order valence-corrected chi connectivity index (χ0v) is 28.9. The summed E-state index contributed by atoms with van der Waals surface area (Å²) >= 11 is 0. The zero-order valence-electron chi connectivity index (χ0n) is 28.9. The van der Waals surface area contributed by atoms with Crippen LogP contribution in [-0.4, -0.2) is 29.9 Å². The number of rotatable bonds is 8. The molecule has 0 fully saturated rings. The molecule has 0 saturated carbocycles. The van der Waals surface area contributed by atoms with Crippen LogP contribution in [0.5, 0.6) is 0 Å². The molecular weight excluding hydrogens is 564 g/mol. The minimum atomic E-state index is 0. The van der Waals surface area contributed by atoms with Crippen molar-refractivity contribution in [3.05, 3.63) is 105 Å². The first-order chi connectivity index (χ1) is 20.7. The molecule has 46 heavy (non-hydrogen) atoms. The van der Waals surface area contributed by atoms with Crippen molar-refractivity contribution >= 4 is 0 Å². The van der Waals surface area contributed by atoms with Crippen LogP contribution in [0.2, 0.25) is 0 Å². The van der Waals surface area contributed by atoms with Crippen molar-refractivity contribution < 1.29 is 0 Å². The van der Waals surface area contributed by atoms with Gasteiger partial charge in [-0.05, 0) is 93.7 Å². The Morgan fingerprint density at radius 3 is 1.28 bits per heavy atom. The van der Waals surface area contributed by atoms with Gasteiger partial charge in [0.2, 0.25) is 0 Å². The van der Waals surface area contributed by atoms with E-state index in [2.05, 4.69) is 130 Å². The molecular formula is C40H68N6. The van der Waals surface area contributed by atoms with Crippen LogP contribution in [0.25, 0.3) is 0 Å². The highest BCUT2D eigenvalue weighted by molar-refractivity contribution is 5.24. The van der Waals surface area contributed by atoms with E-state index < -0.39 is 0 Å². The van der Waals surface area contributed by atoms with E-state index in [0.29, 0.717) is 0 Å². The quantitative estimate of drug-likeness (QED) is 0.192. The van der Waals surface area contributed by atoms with E-state index in [1.54, 1.807) is 0 Å². The Balaban J connectivity index is -0.000000526. The lowest BCUT2D eigenvalue weighted by Crippen LogP contribution is -2.03. The van der Waals surface area contributed by atoms with E-state index in [4.69, 9.17) is 0 Å². The second kappa shape index (κ2) is 26.7. The topological polar surface area (TPSA) is 77.3 Å². The Kier molecular flexibility index (Phi) is 27.2. The lowest BCUT2D eigenvalue weighted by Gasteiger charge is -2.07. The number of aromatic nitrogens is 6. The lowest BCUT2D eigenvalue weighted by atomic mass is 10.1. The van der Waals surface area contributed by atoms with Crippen molar-refractivity contribution in [2.24, 2.45) is 0 Å². The number of hydrogen-bond acceptors (Lipinski definition) is 6. The Morgan fingerprint density at radius 1 is 0.413 bits per heavy atom. The van der Waals surface area contributed by atoms with Gasteiger partial charge in [-0.3, -0.25) is 9.97 Å². The molecule has 0 saturated heterocycles. The van der Waals surface area contributed by atoms with Crippen LogP contribution in [0.3, 0.4) is 0 Å². The Bertz CT molecular complexity index is 1200. The van der Waals surface area contributed by atoms with Gasteiger partial charge < -0.3 is 0 Å². The molecule has 0 unspecified atom stereocenters. The molecule has 4 heterocycles. The van der Waals surface area contributed by atoms with E-state index in [-0.39, 0.29) is 22.3 Å². The molecule has 0 atom stereocenters. The minimum absolute atomic E-state index is 0. The normalized spacial score (nSPS) is 9.37. The van der Waals surface area contributed by atoms with Crippen LogP contribution in [0, 0.1) is 20.8 Å². The molecule has 0 amide bonds. The summed E-state index contributed by atoms with van der Waals surface area (Å²) in [4.78, 5) is 25.9. The van der Waals surface area contributed by atoms with Crippen molar-refractivity contribution in [1.82, 2.24) is 29.9 Å². The average Bonchev–Trinajstić information content (AvgIpc) is 3.05. The van der Waals surface area contributed by atoms with Gasteiger partial charge in [0.05, 0.1) is 0 Å². The highest BCUT2D eigenvalue weighted by Crippen LogP contribution is 2.11. The van der Waals surface area contributed by atoms with Crippen LogP contribution in [0.15, 0.2) is 42.9 Å². The fourth-order valence-corrected chi connectivity index (χ4v) is 4.31. The highest BCUT2D eigenvalue weighted by Gasteiger charge is 2.04. The highest BCUT2D eigenvalue weighted by atomic mass is 14.9. The lowest BCUT2D eigenvalue weighted by molar-refractivity contribution is 0.861. The van der Waals surface area contributed by atoms with Crippen LogP contribution in [0.4, 0.5) is 0 Å². The molecule has 0 N–H and O–H groups in total. The predicted molar refractivity (Wildman–Crippen MR) is 202 cm³/mol. The third-order valence-corrected chi connectivity index (χ3v) is 7.27. The zero-order chi connectivity index (χ0) is 32.2. The van der Waals surface area contributed by atoms with Crippen molar-refractivity contribution in [2.75, 3.05) is 0 Å². The fourth-order valence-electron chi connectivity index (χ4n) is 4.31. The van der Waals surface area contributed by atoms with Gasteiger partial charge in [-0.25, -0.2) is 19.9 Å². The van der Waals surface area contributed by atoms with E-state index >= 15 is 0 Å². The maximum Gasteiger partial charge on any atom is 0.128 e. The molecule has 6 heteroatoms. The summed E-state index contributed by atoms with van der Waals surface area (Å²) < 4.78 is 0. The molecule has 0 bridgehead atoms. The Labute approximate surface area is 284 Å². The second-order valence-corrected chi connectivity index (χ2v) is 10.3. The van der Waals surface area contributed by atoms with Gasteiger partial charge in [0.1, 0.15) is 11.6 Å². The number of pyridine rings is 2. The largest absolute Gasteiger partial charge is 0.261 e. The minimum Gasteiger partial charge on any atom is -0.261 e. The molecule has 0 radical (unpaired) electrons. The monoisotopic (exact) mass is 633 g/mol. The van der Waals surface area contributed by atoms with E-state index in [0.717, 1.165) is 74.4 Å². The predicted octanol–water partition coefficient (Wildman–Crippen LogP) is 10.4. The third-order valence-electron chi connectivity index (χ3n) is 7.27. The first-order valence-electron chi connectivity index (χ1n) is 16.2. The van der Waals surface area contributed by atoms with Crippen LogP contribution in [0.1, 0.15) is 140 Å². The molecule has 0 aliphatic rings. The van der Waals surface area contributed by atoms with Crippen LogP contribution in [-0.2, 0) is 51.4 Å². The average molecular weight is 633 g/mol. The Hall–Kier alpha value is -3.54. The summed E-state index contributed by atoms with van der Waals surface area (Å²) in [5, 5.41) is 0. The molecule has 0 spiro atoms. The summed E-state index contributed by atoms with van der Waals surface area (Å²) in [5.41, 5.74) is 11.0. The molecule has 6 nitrogen and oxygen atoms in total. The SMILES string of the molecule is C.C.C.CCc1ccc(CC)c(C)n1.CCc1ccc(CC)nc1.CCc1cnc(CC)nc1.CCc1nc(C)c(CC)c(C)n1. The van der Waals surface area contributed by atoms with Crippen LogP contribution >= 0.6 is 0 Å². The molecule has 4 rings (SSSR count). The number of hydrogen-bond donors (Lipinski definition) is 0. The van der Waals surface area contributed by atoms with Gasteiger partial charge in [-0.15, -0.1) is 0 Å². The standard InChI is InChI=1S/C10H16N2.C10H15N.C9H13N.C8H12N2.3CH4/c1-5-9-7(3)11-10(6-2)12-8(9)4;1-4-9-6-7-10(5-2)11-8(9)3;1-3-8-5-6-9(4-2)10-7-8;1-3-7-5-9-8(4-2)10-6-7;;;/h5-6H2,1-4H3;6-7H,4-5H2,1-3H3;5-7H,3-4H2,1-2H3;5-6H,3-4H2,1-2H3;3*1H4. The summed E-state index contributed by atoms with van der Waals surface area (Å²) in [6.45, 7) is 23.1. The van der Waals surface area contributed by atoms with Gasteiger partial charge in [-0.1, -0.05) is 89.8 Å². The van der Waals surface area contributed by atoms with Gasteiger partial charge >= 0.3 is 0 Å². The fraction of sp³-hybridized carbons (Fsp3) is 0.550. The summed E-state index contributed by atoms with van der Waals surface area (Å²) in [6, 6.07) is 8.54. The van der Waals surface area contributed by atoms with Gasteiger partial charge in [0.15, 0.2) is 0 Å².